The minimum absolute atomic E-state index is 0.220. The minimum Gasteiger partial charge on any atom is -0.329 e. The van der Waals surface area contributed by atoms with E-state index in [2.05, 4.69) is 22.0 Å². The van der Waals surface area contributed by atoms with Crippen LogP contribution in [0.25, 0.3) is 0 Å². The third kappa shape index (κ3) is 2.76. The number of halogens is 2. The number of nitrogens with two attached hydrogens (primary N) is 1. The lowest BCUT2D eigenvalue weighted by molar-refractivity contribution is 0.565. The van der Waals surface area contributed by atoms with Crippen molar-refractivity contribution in [2.45, 2.75) is 24.0 Å². The smallest absolute Gasteiger partial charge is 0.0449 e. The van der Waals surface area contributed by atoms with Crippen molar-refractivity contribution in [3.8, 4) is 0 Å². The first-order valence-corrected chi connectivity index (χ1v) is 7.59. The van der Waals surface area contributed by atoms with E-state index in [4.69, 9.17) is 17.3 Å². The molecular weight excluding hydrogens is 306 g/mol. The average Bonchev–Trinajstić information content (AvgIpc) is 2.72. The molecule has 0 amide bonds. The van der Waals surface area contributed by atoms with Crippen LogP contribution in [-0.4, -0.2) is 17.0 Å². The first-order chi connectivity index (χ1) is 7.65. The molecule has 0 saturated carbocycles. The van der Waals surface area contributed by atoms with Gasteiger partial charge in [-0.05, 0) is 42.7 Å². The van der Waals surface area contributed by atoms with E-state index in [1.807, 2.05) is 23.9 Å². The Morgan fingerprint density at radius 2 is 2.31 bits per heavy atom. The monoisotopic (exact) mass is 319 g/mol. The first kappa shape index (κ1) is 12.7. The number of hydrogen-bond donors (Lipinski definition) is 1. The van der Waals surface area contributed by atoms with Crippen molar-refractivity contribution in [3.05, 3.63) is 33.3 Å². The number of rotatable bonds is 3. The van der Waals surface area contributed by atoms with Crippen molar-refractivity contribution in [2.75, 3.05) is 12.3 Å². The van der Waals surface area contributed by atoms with E-state index >= 15 is 0 Å². The Bertz CT molecular complexity index is 377. The Labute approximate surface area is 114 Å². The topological polar surface area (TPSA) is 26.0 Å². The van der Waals surface area contributed by atoms with Crippen molar-refractivity contribution in [2.24, 2.45) is 5.73 Å². The third-order valence-electron chi connectivity index (χ3n) is 3.08. The van der Waals surface area contributed by atoms with Gasteiger partial charge in [0.15, 0.2) is 0 Å². The first-order valence-electron chi connectivity index (χ1n) is 5.43. The Balaban J connectivity index is 2.19. The summed E-state index contributed by atoms with van der Waals surface area (Å²) in [5.41, 5.74) is 7.14. The van der Waals surface area contributed by atoms with Gasteiger partial charge in [-0.3, -0.25) is 0 Å². The summed E-state index contributed by atoms with van der Waals surface area (Å²) in [4.78, 5) is 0. The highest BCUT2D eigenvalue weighted by atomic mass is 79.9. The maximum Gasteiger partial charge on any atom is 0.0449 e. The van der Waals surface area contributed by atoms with Crippen LogP contribution in [0.5, 0.6) is 0 Å². The van der Waals surface area contributed by atoms with Gasteiger partial charge >= 0.3 is 0 Å². The van der Waals surface area contributed by atoms with Crippen LogP contribution in [0.1, 0.15) is 18.4 Å². The normalized spacial score (nSPS) is 24.9. The molecule has 0 aromatic heterocycles. The number of benzene rings is 1. The van der Waals surface area contributed by atoms with Gasteiger partial charge in [0.1, 0.15) is 0 Å². The molecule has 1 aliphatic rings. The van der Waals surface area contributed by atoms with E-state index in [1.54, 1.807) is 0 Å². The standard InChI is InChI=1S/C12H15BrClNS/c13-10-3-2-9(11(14)6-10)7-12(8-15)4-1-5-16-12/h2-3,6H,1,4-5,7-8,15H2. The fourth-order valence-electron chi connectivity index (χ4n) is 2.14. The SMILES string of the molecule is NCC1(Cc2ccc(Br)cc2Cl)CCCS1. The Morgan fingerprint density at radius 1 is 1.50 bits per heavy atom. The molecule has 16 heavy (non-hydrogen) atoms. The van der Waals surface area contributed by atoms with Gasteiger partial charge in [0.05, 0.1) is 0 Å². The maximum atomic E-state index is 6.25. The van der Waals surface area contributed by atoms with Crippen LogP contribution in [0.3, 0.4) is 0 Å². The zero-order valence-electron chi connectivity index (χ0n) is 9.01. The molecule has 1 aliphatic heterocycles. The predicted molar refractivity (Wildman–Crippen MR) is 76.3 cm³/mol. The summed E-state index contributed by atoms with van der Waals surface area (Å²) >= 11 is 11.7. The Hall–Kier alpha value is 0.300. The molecule has 4 heteroatoms. The van der Waals surface area contributed by atoms with Gasteiger partial charge in [-0.25, -0.2) is 0 Å². The lowest BCUT2D eigenvalue weighted by Crippen LogP contribution is -2.34. The second-order valence-electron chi connectivity index (χ2n) is 4.25. The van der Waals surface area contributed by atoms with Crippen molar-refractivity contribution in [1.29, 1.82) is 0 Å². The zero-order chi connectivity index (χ0) is 11.6. The number of hydrogen-bond acceptors (Lipinski definition) is 2. The maximum absolute atomic E-state index is 6.25. The van der Waals surface area contributed by atoms with Crippen LogP contribution in [0.2, 0.25) is 5.02 Å². The fraction of sp³-hybridized carbons (Fsp3) is 0.500. The second kappa shape index (κ2) is 5.30. The Kier molecular flexibility index (Phi) is 4.22. The van der Waals surface area contributed by atoms with Gasteiger partial charge in [-0.2, -0.15) is 11.8 Å². The van der Waals surface area contributed by atoms with E-state index in [1.165, 1.54) is 24.2 Å². The van der Waals surface area contributed by atoms with Crippen molar-refractivity contribution in [1.82, 2.24) is 0 Å². The van der Waals surface area contributed by atoms with E-state index in [0.717, 1.165) is 22.5 Å². The van der Waals surface area contributed by atoms with Crippen LogP contribution in [0.15, 0.2) is 22.7 Å². The zero-order valence-corrected chi connectivity index (χ0v) is 12.2. The summed E-state index contributed by atoms with van der Waals surface area (Å²) < 4.78 is 1.25. The van der Waals surface area contributed by atoms with E-state index in [0.29, 0.717) is 0 Å². The van der Waals surface area contributed by atoms with Crippen LogP contribution >= 0.6 is 39.3 Å². The van der Waals surface area contributed by atoms with Gasteiger partial charge in [-0.1, -0.05) is 33.6 Å². The van der Waals surface area contributed by atoms with E-state index in [-0.39, 0.29) is 4.75 Å². The van der Waals surface area contributed by atoms with Crippen LogP contribution < -0.4 is 5.73 Å². The summed E-state index contributed by atoms with van der Waals surface area (Å²) in [6.45, 7) is 0.740. The molecule has 0 bridgehead atoms. The van der Waals surface area contributed by atoms with Crippen molar-refractivity contribution in [3.63, 3.8) is 0 Å². The highest BCUT2D eigenvalue weighted by molar-refractivity contribution is 9.10. The second-order valence-corrected chi connectivity index (χ2v) is 7.14. The lowest BCUT2D eigenvalue weighted by Gasteiger charge is -2.26. The Morgan fingerprint density at radius 3 is 2.88 bits per heavy atom. The van der Waals surface area contributed by atoms with E-state index < -0.39 is 0 Å². The van der Waals surface area contributed by atoms with Crippen molar-refractivity contribution < 1.29 is 0 Å². The molecule has 2 N–H and O–H groups in total. The molecule has 0 radical (unpaired) electrons. The highest BCUT2D eigenvalue weighted by Crippen LogP contribution is 2.41. The summed E-state index contributed by atoms with van der Waals surface area (Å²) in [6, 6.07) is 6.11. The molecule has 1 nitrogen and oxygen atoms in total. The molecule has 0 spiro atoms. The molecule has 2 rings (SSSR count). The molecule has 1 unspecified atom stereocenters. The largest absolute Gasteiger partial charge is 0.329 e. The molecule has 1 fully saturated rings. The molecule has 1 aromatic rings. The highest BCUT2D eigenvalue weighted by Gasteiger charge is 2.33. The van der Waals surface area contributed by atoms with Crippen LogP contribution in [0.4, 0.5) is 0 Å². The van der Waals surface area contributed by atoms with Gasteiger partial charge in [0.25, 0.3) is 0 Å². The molecule has 88 valence electrons. The summed E-state index contributed by atoms with van der Waals surface area (Å²) in [5, 5.41) is 0.842. The molecule has 1 aromatic carbocycles. The van der Waals surface area contributed by atoms with Gasteiger partial charge < -0.3 is 5.73 Å². The predicted octanol–water partition coefficient (Wildman–Crippen LogP) is 3.87. The van der Waals surface area contributed by atoms with Crippen molar-refractivity contribution >= 4 is 39.3 Å². The minimum atomic E-state index is 0.220. The summed E-state index contributed by atoms with van der Waals surface area (Å²) in [7, 11) is 0. The third-order valence-corrected chi connectivity index (χ3v) is 5.55. The van der Waals surface area contributed by atoms with Gasteiger partial charge in [0.2, 0.25) is 0 Å². The van der Waals surface area contributed by atoms with E-state index in [9.17, 15) is 0 Å². The average molecular weight is 321 g/mol. The van der Waals surface area contributed by atoms with Crippen LogP contribution in [-0.2, 0) is 6.42 Å². The summed E-state index contributed by atoms with van der Waals surface area (Å²) in [5.74, 6) is 1.23. The molecule has 1 atom stereocenters. The molecular formula is C12H15BrClNS. The number of thioether (sulfide) groups is 1. The lowest BCUT2D eigenvalue weighted by atomic mass is 9.94. The molecule has 1 saturated heterocycles. The summed E-state index contributed by atoms with van der Waals surface area (Å²) in [6.07, 6.45) is 3.47. The fourth-order valence-corrected chi connectivity index (χ4v) is 4.27. The molecule has 0 aliphatic carbocycles. The van der Waals surface area contributed by atoms with Crippen LogP contribution in [0, 0.1) is 0 Å². The van der Waals surface area contributed by atoms with Gasteiger partial charge in [-0.15, -0.1) is 0 Å². The van der Waals surface area contributed by atoms with Gasteiger partial charge in [0, 0.05) is 20.8 Å². The molecule has 1 heterocycles. The quantitative estimate of drug-likeness (QED) is 0.915.